The van der Waals surface area contributed by atoms with Gasteiger partial charge in [-0.25, -0.2) is 4.79 Å². The molecule has 1 heterocycles. The van der Waals surface area contributed by atoms with E-state index in [2.05, 4.69) is 57.3 Å². The van der Waals surface area contributed by atoms with Gasteiger partial charge in [-0.2, -0.15) is 0 Å². The number of hydrogen-bond donors (Lipinski definition) is 1. The molecule has 0 unspecified atom stereocenters. The summed E-state index contributed by atoms with van der Waals surface area (Å²) in [5, 5.41) is 12.4. The van der Waals surface area contributed by atoms with Gasteiger partial charge >= 0.3 is 5.97 Å². The lowest BCUT2D eigenvalue weighted by atomic mass is 9.89. The highest BCUT2D eigenvalue weighted by Gasteiger charge is 2.19. The lowest BCUT2D eigenvalue weighted by Crippen LogP contribution is -2.00. The number of carboxylic acid groups (broad SMARTS) is 1. The van der Waals surface area contributed by atoms with Crippen molar-refractivity contribution >= 4 is 33.0 Å². The van der Waals surface area contributed by atoms with Gasteiger partial charge < -0.3 is 9.84 Å². The molecule has 0 saturated heterocycles. The average molecular weight is 409 g/mol. The Balaban J connectivity index is 2.29. The molecule has 4 heteroatoms. The number of carboxylic acids is 1. The Kier molecular flexibility index (Phi) is 6.13. The average Bonchev–Trinajstić information content (AvgIpc) is 3.09. The summed E-state index contributed by atoms with van der Waals surface area (Å²) in [6, 6.07) is 10.6. The van der Waals surface area contributed by atoms with Crippen LogP contribution in [0.2, 0.25) is 0 Å². The molecule has 0 bridgehead atoms. The number of ether oxygens (including phenoxy) is 1. The Morgan fingerprint density at radius 3 is 2.38 bits per heavy atom. The molecule has 0 aliphatic rings. The molecular formula is C25H28O3S. The number of thiophene rings is 1. The van der Waals surface area contributed by atoms with Crippen LogP contribution in [0.3, 0.4) is 0 Å². The minimum atomic E-state index is -0.930. The van der Waals surface area contributed by atoms with Crippen molar-refractivity contribution in [2.75, 3.05) is 7.11 Å². The third-order valence-corrected chi connectivity index (χ3v) is 6.26. The summed E-state index contributed by atoms with van der Waals surface area (Å²) in [6.07, 6.45) is 1.25. The molecule has 1 N–H and O–H groups in total. The second kappa shape index (κ2) is 8.42. The summed E-state index contributed by atoms with van der Waals surface area (Å²) in [4.78, 5) is 11.1. The number of methoxy groups -OCH3 is 1. The van der Waals surface area contributed by atoms with Crippen LogP contribution >= 0.6 is 11.3 Å². The van der Waals surface area contributed by atoms with E-state index >= 15 is 0 Å². The molecule has 0 spiro atoms. The summed E-state index contributed by atoms with van der Waals surface area (Å²) in [6.45, 7) is 10.6. The SMILES string of the molecule is COc1c(-c2csc3ccc(C(C)=CC(=O)O)cc23)cc(C(C)C)cc1C(C)C. The van der Waals surface area contributed by atoms with Gasteiger partial charge in [0.05, 0.1) is 7.11 Å². The van der Waals surface area contributed by atoms with Crippen LogP contribution in [0.1, 0.15) is 63.1 Å². The minimum absolute atomic E-state index is 0.351. The molecule has 0 fully saturated rings. The maximum atomic E-state index is 11.1. The van der Waals surface area contributed by atoms with Crippen molar-refractivity contribution in [3.63, 3.8) is 0 Å². The fourth-order valence-corrected chi connectivity index (χ4v) is 4.56. The fraction of sp³-hybridized carbons (Fsp3) is 0.320. The lowest BCUT2D eigenvalue weighted by Gasteiger charge is -2.20. The predicted octanol–water partition coefficient (Wildman–Crippen LogP) is 7.31. The van der Waals surface area contributed by atoms with Crippen molar-refractivity contribution in [1.82, 2.24) is 0 Å². The summed E-state index contributed by atoms with van der Waals surface area (Å²) < 4.78 is 7.07. The summed E-state index contributed by atoms with van der Waals surface area (Å²) in [5.74, 6) is 0.760. The van der Waals surface area contributed by atoms with Gasteiger partial charge in [0, 0.05) is 27.3 Å². The van der Waals surface area contributed by atoms with Gasteiger partial charge in [0.15, 0.2) is 0 Å². The van der Waals surface area contributed by atoms with E-state index < -0.39 is 5.97 Å². The first-order valence-corrected chi connectivity index (χ1v) is 10.8. The Morgan fingerprint density at radius 2 is 1.79 bits per heavy atom. The predicted molar refractivity (Wildman–Crippen MR) is 123 cm³/mol. The third kappa shape index (κ3) is 4.23. The standard InChI is InChI=1S/C25H28O3S/c1-14(2)18-11-19(15(3)4)25(28-6)21(12-18)22-13-29-23-8-7-17(10-20(22)23)16(5)9-24(26)27/h7-15H,1-6H3,(H,26,27). The van der Waals surface area contributed by atoms with Gasteiger partial charge in [0.25, 0.3) is 0 Å². The molecule has 0 amide bonds. The van der Waals surface area contributed by atoms with E-state index in [0.717, 1.165) is 33.4 Å². The van der Waals surface area contributed by atoms with Crippen molar-refractivity contribution in [1.29, 1.82) is 0 Å². The van der Waals surface area contributed by atoms with E-state index in [-0.39, 0.29) is 0 Å². The molecule has 3 aromatic rings. The maximum Gasteiger partial charge on any atom is 0.328 e. The Hall–Kier alpha value is -2.59. The zero-order valence-electron chi connectivity index (χ0n) is 17.9. The minimum Gasteiger partial charge on any atom is -0.496 e. The zero-order valence-corrected chi connectivity index (χ0v) is 18.7. The van der Waals surface area contributed by atoms with Crippen molar-refractivity contribution in [2.24, 2.45) is 0 Å². The molecule has 3 nitrogen and oxygen atoms in total. The zero-order chi connectivity index (χ0) is 21.3. The molecule has 0 aliphatic heterocycles. The summed E-state index contributed by atoms with van der Waals surface area (Å²) in [5.41, 5.74) is 6.40. The molecule has 152 valence electrons. The fourth-order valence-electron chi connectivity index (χ4n) is 3.62. The number of hydrogen-bond acceptors (Lipinski definition) is 3. The van der Waals surface area contributed by atoms with E-state index in [1.165, 1.54) is 21.9 Å². The van der Waals surface area contributed by atoms with Crippen LogP contribution < -0.4 is 4.74 Å². The monoisotopic (exact) mass is 408 g/mol. The summed E-state index contributed by atoms with van der Waals surface area (Å²) >= 11 is 1.70. The highest BCUT2D eigenvalue weighted by molar-refractivity contribution is 7.17. The maximum absolute atomic E-state index is 11.1. The topological polar surface area (TPSA) is 46.5 Å². The molecule has 29 heavy (non-hydrogen) atoms. The highest BCUT2D eigenvalue weighted by atomic mass is 32.1. The number of aliphatic carboxylic acids is 1. The van der Waals surface area contributed by atoms with Gasteiger partial charge in [0.1, 0.15) is 5.75 Å². The van der Waals surface area contributed by atoms with E-state index in [1.807, 2.05) is 13.0 Å². The molecule has 0 atom stereocenters. The number of benzene rings is 2. The van der Waals surface area contributed by atoms with Crippen LogP contribution in [0.4, 0.5) is 0 Å². The van der Waals surface area contributed by atoms with Crippen molar-refractivity contribution < 1.29 is 14.6 Å². The smallest absolute Gasteiger partial charge is 0.328 e. The largest absolute Gasteiger partial charge is 0.496 e. The molecule has 0 saturated carbocycles. The normalized spacial score (nSPS) is 12.2. The van der Waals surface area contributed by atoms with Crippen LogP contribution in [-0.4, -0.2) is 18.2 Å². The molecule has 2 aromatic carbocycles. The molecule has 3 rings (SSSR count). The van der Waals surface area contributed by atoms with Crippen LogP contribution in [0.15, 0.2) is 41.8 Å². The summed E-state index contributed by atoms with van der Waals surface area (Å²) in [7, 11) is 1.74. The van der Waals surface area contributed by atoms with Crippen molar-refractivity contribution in [2.45, 2.75) is 46.5 Å². The van der Waals surface area contributed by atoms with Crippen LogP contribution in [0.5, 0.6) is 5.75 Å². The van der Waals surface area contributed by atoms with Gasteiger partial charge in [-0.15, -0.1) is 11.3 Å². The Morgan fingerprint density at radius 1 is 1.07 bits per heavy atom. The molecular weight excluding hydrogens is 380 g/mol. The molecule has 0 aliphatic carbocycles. The quantitative estimate of drug-likeness (QED) is 0.435. The molecule has 1 aromatic heterocycles. The van der Waals surface area contributed by atoms with E-state index in [0.29, 0.717) is 11.8 Å². The van der Waals surface area contributed by atoms with Gasteiger partial charge in [-0.3, -0.25) is 0 Å². The second-order valence-corrected chi connectivity index (χ2v) is 8.94. The van der Waals surface area contributed by atoms with Crippen LogP contribution in [0, 0.1) is 0 Å². The Bertz CT molecular complexity index is 1090. The first kappa shape index (κ1) is 21.1. The van der Waals surface area contributed by atoms with Crippen molar-refractivity contribution in [3.8, 4) is 16.9 Å². The first-order valence-electron chi connectivity index (χ1n) is 9.88. The first-order chi connectivity index (χ1) is 13.7. The number of fused-ring (bicyclic) bond motifs is 1. The Labute approximate surface area is 176 Å². The van der Waals surface area contributed by atoms with E-state index in [1.54, 1.807) is 18.4 Å². The van der Waals surface area contributed by atoms with E-state index in [4.69, 9.17) is 9.84 Å². The van der Waals surface area contributed by atoms with Gasteiger partial charge in [-0.05, 0) is 64.6 Å². The third-order valence-electron chi connectivity index (χ3n) is 5.29. The lowest BCUT2D eigenvalue weighted by molar-refractivity contribution is -0.131. The number of carbonyl (C=O) groups is 1. The highest BCUT2D eigenvalue weighted by Crippen LogP contribution is 2.44. The second-order valence-electron chi connectivity index (χ2n) is 8.03. The molecule has 0 radical (unpaired) electrons. The van der Waals surface area contributed by atoms with Gasteiger partial charge in [-0.1, -0.05) is 39.8 Å². The van der Waals surface area contributed by atoms with Gasteiger partial charge in [0.2, 0.25) is 0 Å². The number of rotatable bonds is 6. The van der Waals surface area contributed by atoms with E-state index in [9.17, 15) is 4.79 Å². The number of allylic oxidation sites excluding steroid dienone is 1. The van der Waals surface area contributed by atoms with Crippen molar-refractivity contribution in [3.05, 3.63) is 58.5 Å². The van der Waals surface area contributed by atoms with Crippen LogP contribution in [-0.2, 0) is 4.79 Å². The van der Waals surface area contributed by atoms with Crippen LogP contribution in [0.25, 0.3) is 26.8 Å².